The number of ether oxygens (including phenoxy) is 1. The van der Waals surface area contributed by atoms with Gasteiger partial charge in [-0.2, -0.15) is 0 Å². The number of nitrogen functional groups attached to an aromatic ring is 1. The maximum Gasteiger partial charge on any atom is 0.237 e. The number of benzene rings is 2. The molecule has 150 valence electrons. The number of nitrogens with zero attached hydrogens (tertiary/aromatic N) is 3. The van der Waals surface area contributed by atoms with Crippen LogP contribution in [0.25, 0.3) is 0 Å². The summed E-state index contributed by atoms with van der Waals surface area (Å²) in [4.78, 5) is 12.5. The molecule has 1 atom stereocenters. The molecule has 0 bridgehead atoms. The number of carbonyl (C=O) groups is 1. The maximum absolute atomic E-state index is 12.5. The maximum atomic E-state index is 12.5. The largest absolute Gasteiger partial charge is 0.489 e. The van der Waals surface area contributed by atoms with Gasteiger partial charge in [-0.1, -0.05) is 42.1 Å². The van der Waals surface area contributed by atoms with Gasteiger partial charge in [0.25, 0.3) is 0 Å². The molecule has 0 saturated heterocycles. The van der Waals surface area contributed by atoms with Crippen molar-refractivity contribution in [2.24, 2.45) is 0 Å². The highest BCUT2D eigenvalue weighted by atomic mass is 32.2. The molecule has 1 saturated carbocycles. The first-order chi connectivity index (χ1) is 14.1. The fourth-order valence-corrected chi connectivity index (χ4v) is 3.60. The molecule has 3 aromatic rings. The Balaban J connectivity index is 1.29. The van der Waals surface area contributed by atoms with Gasteiger partial charge < -0.3 is 15.9 Å². The van der Waals surface area contributed by atoms with E-state index in [1.807, 2.05) is 61.5 Å². The van der Waals surface area contributed by atoms with Gasteiger partial charge in [0.15, 0.2) is 5.82 Å². The van der Waals surface area contributed by atoms with Gasteiger partial charge in [-0.15, -0.1) is 10.2 Å². The Labute approximate surface area is 173 Å². The summed E-state index contributed by atoms with van der Waals surface area (Å²) in [6, 6.07) is 17.3. The third kappa shape index (κ3) is 4.89. The molecule has 1 aromatic heterocycles. The summed E-state index contributed by atoms with van der Waals surface area (Å²) >= 11 is 1.30. The van der Waals surface area contributed by atoms with E-state index in [1.165, 1.54) is 16.4 Å². The fraction of sp³-hybridized carbons (Fsp3) is 0.286. The molecule has 0 radical (unpaired) electrons. The Morgan fingerprint density at radius 1 is 1.21 bits per heavy atom. The Bertz CT molecular complexity index is 970. The lowest BCUT2D eigenvalue weighted by Crippen LogP contribution is -2.23. The lowest BCUT2D eigenvalue weighted by Gasteiger charge is -2.12. The molecule has 0 spiro atoms. The van der Waals surface area contributed by atoms with Gasteiger partial charge in [-0.05, 0) is 49.6 Å². The number of amides is 1. The minimum absolute atomic E-state index is 0.121. The van der Waals surface area contributed by atoms with E-state index in [0.29, 0.717) is 23.4 Å². The number of nitrogens with one attached hydrogen (secondary N) is 1. The number of carbonyl (C=O) groups excluding carboxylic acids is 1. The Morgan fingerprint density at radius 2 is 1.93 bits per heavy atom. The minimum atomic E-state index is -0.359. The summed E-state index contributed by atoms with van der Waals surface area (Å²) in [6.07, 6.45) is 2.20. The van der Waals surface area contributed by atoms with E-state index in [4.69, 9.17) is 10.6 Å². The van der Waals surface area contributed by atoms with E-state index < -0.39 is 0 Å². The van der Waals surface area contributed by atoms with E-state index in [9.17, 15) is 4.79 Å². The monoisotopic (exact) mass is 409 g/mol. The Hall–Kier alpha value is -3.00. The molecule has 2 aromatic carbocycles. The molecule has 0 aliphatic heterocycles. The van der Waals surface area contributed by atoms with Crippen molar-refractivity contribution in [2.75, 3.05) is 11.2 Å². The van der Waals surface area contributed by atoms with E-state index >= 15 is 0 Å². The first kappa shape index (κ1) is 19.3. The topological polar surface area (TPSA) is 95.1 Å². The number of hydrogen-bond donors (Lipinski definition) is 2. The molecular weight excluding hydrogens is 386 g/mol. The SMILES string of the molecule is C[C@@H](Sc1nnc(C2CC2)n1N)C(=O)Nc1ccc(OCc2ccccc2)cc1. The molecule has 7 nitrogen and oxygen atoms in total. The molecular formula is C21H23N5O2S. The van der Waals surface area contributed by atoms with Crippen molar-refractivity contribution in [2.45, 2.75) is 42.7 Å². The second-order valence-corrected chi connectivity index (χ2v) is 8.34. The van der Waals surface area contributed by atoms with Crippen molar-refractivity contribution in [3.8, 4) is 5.75 Å². The fourth-order valence-electron chi connectivity index (χ4n) is 2.82. The van der Waals surface area contributed by atoms with Gasteiger partial charge in [0.2, 0.25) is 11.1 Å². The summed E-state index contributed by atoms with van der Waals surface area (Å²) < 4.78 is 7.27. The zero-order valence-corrected chi connectivity index (χ0v) is 16.9. The van der Waals surface area contributed by atoms with E-state index in [-0.39, 0.29) is 11.2 Å². The first-order valence-corrected chi connectivity index (χ1v) is 10.4. The molecule has 4 rings (SSSR count). The van der Waals surface area contributed by atoms with Crippen molar-refractivity contribution in [3.05, 3.63) is 66.0 Å². The third-order valence-corrected chi connectivity index (χ3v) is 5.71. The second kappa shape index (κ2) is 8.57. The van der Waals surface area contributed by atoms with Crippen LogP contribution in [0.2, 0.25) is 0 Å². The summed E-state index contributed by atoms with van der Waals surface area (Å²) in [6.45, 7) is 2.33. The van der Waals surface area contributed by atoms with Crippen molar-refractivity contribution < 1.29 is 9.53 Å². The van der Waals surface area contributed by atoms with Crippen LogP contribution in [-0.2, 0) is 11.4 Å². The third-order valence-electron chi connectivity index (χ3n) is 4.65. The van der Waals surface area contributed by atoms with E-state index in [0.717, 1.165) is 30.0 Å². The summed E-state index contributed by atoms with van der Waals surface area (Å²) in [5, 5.41) is 11.4. The van der Waals surface area contributed by atoms with Gasteiger partial charge in [-0.25, -0.2) is 4.68 Å². The molecule has 1 aliphatic carbocycles. The van der Waals surface area contributed by atoms with Crippen LogP contribution in [0, 0.1) is 0 Å². The van der Waals surface area contributed by atoms with Crippen LogP contribution in [-0.4, -0.2) is 26.0 Å². The number of thioether (sulfide) groups is 1. The predicted molar refractivity (Wildman–Crippen MR) is 113 cm³/mol. The molecule has 1 aliphatic rings. The van der Waals surface area contributed by atoms with Crippen molar-refractivity contribution in [3.63, 3.8) is 0 Å². The standard InChI is InChI=1S/C21H23N5O2S/c1-14(29-21-25-24-19(26(21)22)16-7-8-16)20(27)23-17-9-11-18(12-10-17)28-13-15-5-3-2-4-6-15/h2-6,9-12,14,16H,7-8,13,22H2,1H3,(H,23,27)/t14-/m1/s1. The minimum Gasteiger partial charge on any atom is -0.489 e. The lowest BCUT2D eigenvalue weighted by atomic mass is 10.2. The van der Waals surface area contributed by atoms with Gasteiger partial charge in [0.05, 0.1) is 5.25 Å². The summed E-state index contributed by atoms with van der Waals surface area (Å²) in [5.41, 5.74) is 1.82. The molecule has 0 unspecified atom stereocenters. The second-order valence-electron chi connectivity index (χ2n) is 7.03. The van der Waals surface area contributed by atoms with Gasteiger partial charge >= 0.3 is 0 Å². The molecule has 29 heavy (non-hydrogen) atoms. The zero-order chi connectivity index (χ0) is 20.2. The van der Waals surface area contributed by atoms with Crippen LogP contribution in [0.1, 0.15) is 37.1 Å². The van der Waals surface area contributed by atoms with E-state index in [1.54, 1.807) is 0 Å². The smallest absolute Gasteiger partial charge is 0.237 e. The Kier molecular flexibility index (Phi) is 5.71. The molecule has 1 heterocycles. The zero-order valence-electron chi connectivity index (χ0n) is 16.1. The normalized spacial score (nSPS) is 14.4. The number of anilines is 1. The van der Waals surface area contributed by atoms with Crippen molar-refractivity contribution in [1.82, 2.24) is 14.9 Å². The summed E-state index contributed by atoms with van der Waals surface area (Å²) in [5.74, 6) is 7.89. The van der Waals surface area contributed by atoms with Crippen molar-refractivity contribution >= 4 is 23.4 Å². The van der Waals surface area contributed by atoms with Crippen LogP contribution in [0.3, 0.4) is 0 Å². The van der Waals surface area contributed by atoms with Gasteiger partial charge in [0.1, 0.15) is 12.4 Å². The number of rotatable bonds is 8. The average molecular weight is 410 g/mol. The highest BCUT2D eigenvalue weighted by molar-refractivity contribution is 8.00. The molecule has 8 heteroatoms. The lowest BCUT2D eigenvalue weighted by molar-refractivity contribution is -0.115. The van der Waals surface area contributed by atoms with Crippen LogP contribution < -0.4 is 15.9 Å². The number of nitrogens with two attached hydrogens (primary N) is 1. The van der Waals surface area contributed by atoms with Crippen LogP contribution in [0.4, 0.5) is 5.69 Å². The van der Waals surface area contributed by atoms with Crippen LogP contribution in [0.5, 0.6) is 5.75 Å². The van der Waals surface area contributed by atoms with Crippen molar-refractivity contribution in [1.29, 1.82) is 0 Å². The first-order valence-electron chi connectivity index (χ1n) is 9.55. The highest BCUT2D eigenvalue weighted by Gasteiger charge is 2.30. The number of hydrogen-bond acceptors (Lipinski definition) is 6. The van der Waals surface area contributed by atoms with Gasteiger partial charge in [0, 0.05) is 11.6 Å². The van der Waals surface area contributed by atoms with Crippen LogP contribution >= 0.6 is 11.8 Å². The Morgan fingerprint density at radius 3 is 2.62 bits per heavy atom. The van der Waals surface area contributed by atoms with Crippen LogP contribution in [0.15, 0.2) is 59.8 Å². The van der Waals surface area contributed by atoms with Gasteiger partial charge in [-0.3, -0.25) is 4.79 Å². The van der Waals surface area contributed by atoms with E-state index in [2.05, 4.69) is 15.5 Å². The summed E-state index contributed by atoms with van der Waals surface area (Å²) in [7, 11) is 0. The molecule has 1 amide bonds. The highest BCUT2D eigenvalue weighted by Crippen LogP contribution is 2.39. The molecule has 3 N–H and O–H groups in total. The molecule has 1 fully saturated rings. The quantitative estimate of drug-likeness (QED) is 0.436. The number of aromatic nitrogens is 3. The predicted octanol–water partition coefficient (Wildman–Crippen LogP) is 3.57. The average Bonchev–Trinajstić information content (AvgIpc) is 3.52.